The molecule has 156 valence electrons. The Hall–Kier alpha value is -2.04. The van der Waals surface area contributed by atoms with E-state index in [4.69, 9.17) is 5.84 Å². The molecule has 0 bridgehead atoms. The van der Waals surface area contributed by atoms with Crippen molar-refractivity contribution >= 4 is 27.5 Å². The van der Waals surface area contributed by atoms with E-state index < -0.39 is 9.84 Å². The number of carbonyl (C=O) groups excluding carboxylic acids is 1. The lowest BCUT2D eigenvalue weighted by Crippen LogP contribution is -2.52. The summed E-state index contributed by atoms with van der Waals surface area (Å²) in [6.45, 7) is 2.70. The number of aromatic nitrogens is 2. The summed E-state index contributed by atoms with van der Waals surface area (Å²) in [6, 6.07) is 9.88. The van der Waals surface area contributed by atoms with E-state index in [1.54, 1.807) is 6.20 Å². The lowest BCUT2D eigenvalue weighted by molar-refractivity contribution is -0.130. The number of nitrogen functional groups attached to an aromatic ring is 1. The minimum Gasteiger partial charge on any atom is -0.339 e. The van der Waals surface area contributed by atoms with Gasteiger partial charge in [0, 0.05) is 37.8 Å². The average molecular weight is 436 g/mol. The number of thioether (sulfide) groups is 1. The second-order valence-electron chi connectivity index (χ2n) is 7.44. The summed E-state index contributed by atoms with van der Waals surface area (Å²) in [4.78, 5) is 21.2. The van der Waals surface area contributed by atoms with Crippen molar-refractivity contribution in [2.24, 2.45) is 0 Å². The summed E-state index contributed by atoms with van der Waals surface area (Å²) in [5, 5.41) is 0.604. The third-order valence-corrected chi connectivity index (χ3v) is 8.19. The molecule has 29 heavy (non-hydrogen) atoms. The number of imidazole rings is 1. The minimum atomic E-state index is -2.88. The van der Waals surface area contributed by atoms with Crippen molar-refractivity contribution in [2.45, 2.75) is 17.6 Å². The van der Waals surface area contributed by atoms with E-state index in [1.165, 1.54) is 16.4 Å². The lowest BCUT2D eigenvalue weighted by atomic mass is 10.2. The summed E-state index contributed by atoms with van der Waals surface area (Å²) in [5.74, 6) is 6.87. The van der Waals surface area contributed by atoms with Gasteiger partial charge in [0.2, 0.25) is 5.91 Å². The normalized spacial score (nSPS) is 22.1. The molecule has 1 aromatic heterocycles. The standard InChI is InChI=1S/C19H25N5O3S2/c20-24-12-17(15-4-2-1-3-5-15)21-19(24)28-13-18(25)23-9-7-22(8-10-23)16-6-11-29(26,27)14-16/h1-5,12,16H,6-11,13-14,20H2. The Labute approximate surface area is 175 Å². The zero-order valence-corrected chi connectivity index (χ0v) is 17.7. The molecule has 2 saturated heterocycles. The smallest absolute Gasteiger partial charge is 0.233 e. The molecule has 2 aromatic rings. The molecule has 8 nitrogen and oxygen atoms in total. The molecule has 4 rings (SSSR count). The fourth-order valence-electron chi connectivity index (χ4n) is 3.85. The van der Waals surface area contributed by atoms with Crippen molar-refractivity contribution in [3.63, 3.8) is 0 Å². The Morgan fingerprint density at radius 1 is 1.17 bits per heavy atom. The Bertz CT molecular complexity index is 969. The number of hydrogen-bond acceptors (Lipinski definition) is 7. The molecule has 0 radical (unpaired) electrons. The molecule has 2 aliphatic rings. The van der Waals surface area contributed by atoms with Crippen molar-refractivity contribution in [1.82, 2.24) is 19.5 Å². The second kappa shape index (κ2) is 8.37. The number of nitrogens with zero attached hydrogens (tertiary/aromatic N) is 4. The van der Waals surface area contributed by atoms with Crippen LogP contribution in [0.3, 0.4) is 0 Å². The monoisotopic (exact) mass is 435 g/mol. The van der Waals surface area contributed by atoms with E-state index >= 15 is 0 Å². The Kier molecular flexibility index (Phi) is 5.84. The van der Waals surface area contributed by atoms with Gasteiger partial charge in [-0.05, 0) is 6.42 Å². The van der Waals surface area contributed by atoms with Gasteiger partial charge >= 0.3 is 0 Å². The van der Waals surface area contributed by atoms with Gasteiger partial charge in [-0.3, -0.25) is 9.69 Å². The highest BCUT2D eigenvalue weighted by molar-refractivity contribution is 7.99. The third-order valence-electron chi connectivity index (χ3n) is 5.48. The Balaban J connectivity index is 1.28. The summed E-state index contributed by atoms with van der Waals surface area (Å²) in [7, 11) is -2.88. The molecular formula is C19H25N5O3S2. The van der Waals surface area contributed by atoms with Crippen molar-refractivity contribution in [3.05, 3.63) is 36.5 Å². The molecule has 0 spiro atoms. The van der Waals surface area contributed by atoms with Crippen LogP contribution in [0, 0.1) is 0 Å². The van der Waals surface area contributed by atoms with Crippen molar-refractivity contribution in [3.8, 4) is 11.3 Å². The molecule has 10 heteroatoms. The minimum absolute atomic E-state index is 0.0537. The van der Waals surface area contributed by atoms with Crippen molar-refractivity contribution < 1.29 is 13.2 Å². The topological polar surface area (TPSA) is 102 Å². The molecule has 2 aliphatic heterocycles. The number of carbonyl (C=O) groups is 1. The number of sulfone groups is 1. The van der Waals surface area contributed by atoms with Gasteiger partial charge in [-0.15, -0.1) is 0 Å². The Morgan fingerprint density at radius 3 is 2.55 bits per heavy atom. The fourth-order valence-corrected chi connectivity index (χ4v) is 6.41. The molecule has 2 fully saturated rings. The first-order valence-electron chi connectivity index (χ1n) is 9.66. The molecule has 3 heterocycles. The number of hydrogen-bond donors (Lipinski definition) is 1. The van der Waals surface area contributed by atoms with Crippen molar-refractivity contribution in [2.75, 3.05) is 49.3 Å². The van der Waals surface area contributed by atoms with Gasteiger partial charge in [-0.25, -0.2) is 18.1 Å². The van der Waals surface area contributed by atoms with Gasteiger partial charge in [0.25, 0.3) is 0 Å². The highest BCUT2D eigenvalue weighted by Gasteiger charge is 2.34. The maximum atomic E-state index is 12.6. The number of benzene rings is 1. The van der Waals surface area contributed by atoms with Crippen LogP contribution in [0.25, 0.3) is 11.3 Å². The number of nitrogens with two attached hydrogens (primary N) is 1. The van der Waals surface area contributed by atoms with E-state index in [2.05, 4.69) is 9.88 Å². The van der Waals surface area contributed by atoms with Gasteiger partial charge in [-0.1, -0.05) is 42.1 Å². The first-order valence-corrected chi connectivity index (χ1v) is 12.5. The van der Waals surface area contributed by atoms with Crippen LogP contribution in [-0.4, -0.2) is 83.3 Å². The van der Waals surface area contributed by atoms with Gasteiger partial charge in [-0.2, -0.15) is 0 Å². The molecule has 1 atom stereocenters. The van der Waals surface area contributed by atoms with Crippen LogP contribution in [0.1, 0.15) is 6.42 Å². The van der Waals surface area contributed by atoms with Gasteiger partial charge < -0.3 is 10.7 Å². The number of amides is 1. The predicted octanol–water partition coefficient (Wildman–Crippen LogP) is 0.687. The number of piperazine rings is 1. The molecule has 0 aliphatic carbocycles. The van der Waals surface area contributed by atoms with E-state index in [0.717, 1.165) is 24.3 Å². The van der Waals surface area contributed by atoms with Gasteiger partial charge in [0.1, 0.15) is 0 Å². The van der Waals surface area contributed by atoms with E-state index in [0.29, 0.717) is 24.7 Å². The highest BCUT2D eigenvalue weighted by atomic mass is 32.2. The molecule has 1 amide bonds. The van der Waals surface area contributed by atoms with E-state index in [-0.39, 0.29) is 29.2 Å². The summed E-state index contributed by atoms with van der Waals surface area (Å²) in [5.41, 5.74) is 1.76. The first-order chi connectivity index (χ1) is 13.9. The maximum Gasteiger partial charge on any atom is 0.233 e. The predicted molar refractivity (Wildman–Crippen MR) is 114 cm³/mol. The van der Waals surface area contributed by atoms with E-state index in [9.17, 15) is 13.2 Å². The van der Waals surface area contributed by atoms with Crippen LogP contribution in [0.5, 0.6) is 0 Å². The van der Waals surface area contributed by atoms with Crippen LogP contribution in [-0.2, 0) is 14.6 Å². The first kappa shape index (κ1) is 20.2. The van der Waals surface area contributed by atoms with Crippen molar-refractivity contribution in [1.29, 1.82) is 0 Å². The lowest BCUT2D eigenvalue weighted by Gasteiger charge is -2.37. The molecular weight excluding hydrogens is 410 g/mol. The van der Waals surface area contributed by atoms with Crippen LogP contribution in [0.15, 0.2) is 41.7 Å². The largest absolute Gasteiger partial charge is 0.339 e. The SMILES string of the molecule is Nn1cc(-c2ccccc2)nc1SCC(=O)N1CCN(C2CCS(=O)(=O)C2)CC1. The van der Waals surface area contributed by atoms with Gasteiger partial charge in [0.15, 0.2) is 15.0 Å². The van der Waals surface area contributed by atoms with Gasteiger partial charge in [0.05, 0.1) is 29.1 Å². The van der Waals surface area contributed by atoms with Crippen LogP contribution in [0.4, 0.5) is 0 Å². The fraction of sp³-hybridized carbons (Fsp3) is 0.474. The summed E-state index contributed by atoms with van der Waals surface area (Å²) >= 11 is 1.33. The second-order valence-corrected chi connectivity index (χ2v) is 10.6. The average Bonchev–Trinajstić information content (AvgIpc) is 3.29. The van der Waals surface area contributed by atoms with Crippen LogP contribution in [0.2, 0.25) is 0 Å². The zero-order chi connectivity index (χ0) is 20.4. The van der Waals surface area contributed by atoms with E-state index in [1.807, 2.05) is 35.2 Å². The summed E-state index contributed by atoms with van der Waals surface area (Å²) in [6.07, 6.45) is 2.46. The highest BCUT2D eigenvalue weighted by Crippen LogP contribution is 2.24. The molecule has 1 unspecified atom stereocenters. The molecule has 2 N–H and O–H groups in total. The Morgan fingerprint density at radius 2 is 1.90 bits per heavy atom. The summed E-state index contributed by atoms with van der Waals surface area (Å²) < 4.78 is 24.8. The quantitative estimate of drug-likeness (QED) is 0.544. The van der Waals surface area contributed by atoms with Crippen LogP contribution < -0.4 is 5.84 Å². The molecule has 0 saturated carbocycles. The third kappa shape index (κ3) is 4.76. The zero-order valence-electron chi connectivity index (χ0n) is 16.1. The van der Waals surface area contributed by atoms with Crippen LogP contribution >= 0.6 is 11.8 Å². The molecule has 1 aromatic carbocycles. The maximum absolute atomic E-state index is 12.6. The number of rotatable bonds is 5.